The lowest BCUT2D eigenvalue weighted by atomic mass is 10.1. The second-order valence-electron chi connectivity index (χ2n) is 4.49. The maximum atomic E-state index is 13.1. The van der Waals surface area contributed by atoms with Crippen molar-refractivity contribution in [2.24, 2.45) is 0 Å². The Morgan fingerprint density at radius 2 is 2.05 bits per heavy atom. The van der Waals surface area contributed by atoms with Gasteiger partial charge in [-0.2, -0.15) is 0 Å². The number of hydrogen-bond donors (Lipinski definition) is 1. The molecule has 0 radical (unpaired) electrons. The highest BCUT2D eigenvalue weighted by Gasteiger charge is 2.14. The number of carbonyl (C=O) groups is 1. The van der Waals surface area contributed by atoms with E-state index in [1.807, 2.05) is 11.4 Å². The van der Waals surface area contributed by atoms with Gasteiger partial charge >= 0.3 is 5.97 Å². The first-order valence-corrected chi connectivity index (χ1v) is 7.14. The van der Waals surface area contributed by atoms with E-state index in [4.69, 9.17) is 4.74 Å². The zero-order valence-electron chi connectivity index (χ0n) is 10.9. The van der Waals surface area contributed by atoms with E-state index in [0.717, 1.165) is 10.3 Å². The van der Waals surface area contributed by atoms with Crippen LogP contribution in [-0.2, 0) is 6.61 Å². The summed E-state index contributed by atoms with van der Waals surface area (Å²) in [5.74, 6) is -0.915. The summed E-state index contributed by atoms with van der Waals surface area (Å²) < 4.78 is 19.5. The average molecular weight is 302 g/mol. The number of halogens is 1. The smallest absolute Gasteiger partial charge is 0.336 e. The number of carboxylic acid groups (broad SMARTS) is 1. The maximum absolute atomic E-state index is 13.1. The van der Waals surface area contributed by atoms with Crippen LogP contribution in [0.5, 0.6) is 5.75 Å². The molecule has 0 spiro atoms. The molecule has 0 atom stereocenters. The predicted molar refractivity (Wildman–Crippen MR) is 79.5 cm³/mol. The number of hydrogen-bond acceptors (Lipinski definition) is 3. The molecule has 0 fully saturated rings. The molecule has 0 saturated heterocycles. The van der Waals surface area contributed by atoms with Crippen molar-refractivity contribution in [3.63, 3.8) is 0 Å². The highest BCUT2D eigenvalue weighted by molar-refractivity contribution is 7.17. The minimum Gasteiger partial charge on any atom is -0.489 e. The zero-order valence-corrected chi connectivity index (χ0v) is 11.7. The molecule has 2 aromatic carbocycles. The Labute approximate surface area is 124 Å². The Kier molecular flexibility index (Phi) is 3.58. The monoisotopic (exact) mass is 302 g/mol. The van der Waals surface area contributed by atoms with Gasteiger partial charge in [-0.15, -0.1) is 11.3 Å². The van der Waals surface area contributed by atoms with E-state index in [2.05, 4.69) is 0 Å². The average Bonchev–Trinajstić information content (AvgIpc) is 2.88. The van der Waals surface area contributed by atoms with Crippen molar-refractivity contribution in [1.29, 1.82) is 0 Å². The zero-order chi connectivity index (χ0) is 14.8. The van der Waals surface area contributed by atoms with Crippen molar-refractivity contribution in [1.82, 2.24) is 0 Å². The van der Waals surface area contributed by atoms with Gasteiger partial charge < -0.3 is 9.84 Å². The third-order valence-corrected chi connectivity index (χ3v) is 4.09. The number of ether oxygens (including phenoxy) is 1. The third-order valence-electron chi connectivity index (χ3n) is 3.10. The first-order valence-electron chi connectivity index (χ1n) is 6.26. The molecule has 5 heteroatoms. The van der Waals surface area contributed by atoms with Crippen LogP contribution in [0.1, 0.15) is 15.9 Å². The molecule has 1 N–H and O–H groups in total. The molecule has 3 nitrogen and oxygen atoms in total. The molecular formula is C16H11FO3S. The number of aromatic carboxylic acids is 1. The quantitative estimate of drug-likeness (QED) is 0.781. The molecule has 106 valence electrons. The Bertz CT molecular complexity index is 810. The molecule has 1 aromatic heterocycles. The SMILES string of the molecule is O=C(O)c1cccc2scc(COc3cccc(F)c3)c12. The standard InChI is InChI=1S/C16H11FO3S/c17-11-3-1-4-12(7-11)20-8-10-9-21-14-6-2-5-13(15(10)14)16(18)19/h1-7,9H,8H2,(H,18,19). The number of rotatable bonds is 4. The Hall–Kier alpha value is -2.40. The second kappa shape index (κ2) is 5.54. The molecule has 0 aliphatic rings. The molecule has 0 aliphatic heterocycles. The maximum Gasteiger partial charge on any atom is 0.336 e. The third kappa shape index (κ3) is 2.73. The molecule has 3 aromatic rings. The predicted octanol–water partition coefficient (Wildman–Crippen LogP) is 4.32. The van der Waals surface area contributed by atoms with E-state index in [-0.39, 0.29) is 18.0 Å². The minimum absolute atomic E-state index is 0.202. The first kappa shape index (κ1) is 13.6. The lowest BCUT2D eigenvalue weighted by Gasteiger charge is -2.06. The summed E-state index contributed by atoms with van der Waals surface area (Å²) in [4.78, 5) is 11.3. The van der Waals surface area contributed by atoms with Gasteiger partial charge in [0, 0.05) is 21.7 Å². The molecule has 0 unspecified atom stereocenters. The van der Waals surface area contributed by atoms with Crippen LogP contribution >= 0.6 is 11.3 Å². The van der Waals surface area contributed by atoms with E-state index in [1.54, 1.807) is 24.3 Å². The second-order valence-corrected chi connectivity index (χ2v) is 5.40. The van der Waals surface area contributed by atoms with Gasteiger partial charge in [0.1, 0.15) is 18.2 Å². The van der Waals surface area contributed by atoms with Gasteiger partial charge in [-0.3, -0.25) is 0 Å². The fourth-order valence-electron chi connectivity index (χ4n) is 2.16. The molecule has 0 bridgehead atoms. The van der Waals surface area contributed by atoms with Crippen LogP contribution in [0.2, 0.25) is 0 Å². The van der Waals surface area contributed by atoms with Gasteiger partial charge in [0.2, 0.25) is 0 Å². The van der Waals surface area contributed by atoms with Crippen LogP contribution in [0.4, 0.5) is 4.39 Å². The summed E-state index contributed by atoms with van der Waals surface area (Å²) in [5, 5.41) is 11.8. The van der Waals surface area contributed by atoms with Crippen LogP contribution in [0, 0.1) is 5.82 Å². The highest BCUT2D eigenvalue weighted by Crippen LogP contribution is 2.30. The Morgan fingerprint density at radius 1 is 1.24 bits per heavy atom. The molecule has 0 amide bonds. The fraction of sp³-hybridized carbons (Fsp3) is 0.0625. The molecular weight excluding hydrogens is 291 g/mol. The lowest BCUT2D eigenvalue weighted by Crippen LogP contribution is -2.00. The minimum atomic E-state index is -0.967. The van der Waals surface area contributed by atoms with Crippen molar-refractivity contribution in [3.8, 4) is 5.75 Å². The van der Waals surface area contributed by atoms with Gasteiger partial charge in [0.25, 0.3) is 0 Å². The van der Waals surface area contributed by atoms with Crippen LogP contribution in [0.3, 0.4) is 0 Å². The molecule has 21 heavy (non-hydrogen) atoms. The van der Waals surface area contributed by atoms with E-state index < -0.39 is 5.97 Å². The number of fused-ring (bicyclic) bond motifs is 1. The summed E-state index contributed by atoms with van der Waals surface area (Å²) in [5.41, 5.74) is 1.05. The lowest BCUT2D eigenvalue weighted by molar-refractivity contribution is 0.0699. The molecule has 3 rings (SSSR count). The topological polar surface area (TPSA) is 46.5 Å². The molecule has 1 heterocycles. The van der Waals surface area contributed by atoms with Gasteiger partial charge in [-0.25, -0.2) is 9.18 Å². The summed E-state index contributed by atoms with van der Waals surface area (Å²) in [6.07, 6.45) is 0. The summed E-state index contributed by atoms with van der Waals surface area (Å²) >= 11 is 1.47. The Balaban J connectivity index is 1.92. The van der Waals surface area contributed by atoms with E-state index in [1.165, 1.54) is 23.5 Å². The molecule has 0 aliphatic carbocycles. The van der Waals surface area contributed by atoms with Gasteiger partial charge in [0.15, 0.2) is 0 Å². The fourth-order valence-corrected chi connectivity index (χ4v) is 3.13. The van der Waals surface area contributed by atoms with Gasteiger partial charge in [-0.1, -0.05) is 12.1 Å². The van der Waals surface area contributed by atoms with Crippen LogP contribution in [0.25, 0.3) is 10.1 Å². The van der Waals surface area contributed by atoms with Crippen molar-refractivity contribution < 1.29 is 19.0 Å². The summed E-state index contributed by atoms with van der Waals surface area (Å²) in [6.45, 7) is 0.202. The van der Waals surface area contributed by atoms with Crippen molar-refractivity contribution in [3.05, 3.63) is 64.8 Å². The largest absolute Gasteiger partial charge is 0.489 e. The van der Waals surface area contributed by atoms with Gasteiger partial charge in [-0.05, 0) is 29.6 Å². The normalized spacial score (nSPS) is 10.7. The van der Waals surface area contributed by atoms with Crippen LogP contribution in [0.15, 0.2) is 47.8 Å². The van der Waals surface area contributed by atoms with E-state index >= 15 is 0 Å². The van der Waals surface area contributed by atoms with Crippen molar-refractivity contribution >= 4 is 27.4 Å². The first-order chi connectivity index (χ1) is 10.1. The van der Waals surface area contributed by atoms with Crippen molar-refractivity contribution in [2.75, 3.05) is 0 Å². The number of benzene rings is 2. The van der Waals surface area contributed by atoms with Gasteiger partial charge in [0.05, 0.1) is 5.56 Å². The molecule has 0 saturated carbocycles. The van der Waals surface area contributed by atoms with Crippen LogP contribution in [-0.4, -0.2) is 11.1 Å². The van der Waals surface area contributed by atoms with E-state index in [0.29, 0.717) is 11.1 Å². The Morgan fingerprint density at radius 3 is 2.81 bits per heavy atom. The van der Waals surface area contributed by atoms with Crippen molar-refractivity contribution in [2.45, 2.75) is 6.61 Å². The summed E-state index contributed by atoms with van der Waals surface area (Å²) in [6, 6.07) is 11.0. The number of carboxylic acids is 1. The van der Waals surface area contributed by atoms with E-state index in [9.17, 15) is 14.3 Å². The number of thiophene rings is 1. The highest BCUT2D eigenvalue weighted by atomic mass is 32.1. The summed E-state index contributed by atoms with van der Waals surface area (Å²) in [7, 11) is 0. The van der Waals surface area contributed by atoms with Crippen LogP contribution < -0.4 is 4.74 Å².